The van der Waals surface area contributed by atoms with Crippen molar-refractivity contribution in [3.8, 4) is 0 Å². The van der Waals surface area contributed by atoms with Gasteiger partial charge >= 0.3 is 5.97 Å². The number of esters is 1. The number of aryl methyl sites for hydroxylation is 1. The molecule has 0 radical (unpaired) electrons. The Morgan fingerprint density at radius 1 is 1.24 bits per heavy atom. The van der Waals surface area contributed by atoms with E-state index in [1.807, 2.05) is 19.9 Å². The molecule has 0 saturated carbocycles. The lowest BCUT2D eigenvalue weighted by Gasteiger charge is -2.26. The predicted octanol–water partition coefficient (Wildman–Crippen LogP) is 1.43. The third-order valence-electron chi connectivity index (χ3n) is 3.28. The molecule has 0 saturated heterocycles. The molecule has 6 heteroatoms. The summed E-state index contributed by atoms with van der Waals surface area (Å²) in [5.74, 6) is -0.595. The molecular weight excluding hydrogens is 272 g/mol. The van der Waals surface area contributed by atoms with E-state index < -0.39 is 0 Å². The van der Waals surface area contributed by atoms with E-state index in [1.165, 1.54) is 19.1 Å². The standard InChI is InChI=1S/C15H22N2O4/c1-10-5-6-12(16)11(2)15(10)17(13(18)9-20-3)8-7-14(19)21-4/h5-6H,7-9,16H2,1-4H3. The highest BCUT2D eigenvalue weighted by molar-refractivity contribution is 5.97. The number of benzene rings is 1. The van der Waals surface area contributed by atoms with Crippen molar-refractivity contribution in [1.29, 1.82) is 0 Å². The average molecular weight is 294 g/mol. The molecule has 116 valence electrons. The highest BCUT2D eigenvalue weighted by Gasteiger charge is 2.21. The van der Waals surface area contributed by atoms with Crippen molar-refractivity contribution in [3.63, 3.8) is 0 Å². The second-order valence-corrected chi connectivity index (χ2v) is 4.75. The fourth-order valence-electron chi connectivity index (χ4n) is 2.13. The van der Waals surface area contributed by atoms with Gasteiger partial charge < -0.3 is 20.1 Å². The van der Waals surface area contributed by atoms with Crippen LogP contribution in [0.1, 0.15) is 17.5 Å². The van der Waals surface area contributed by atoms with Crippen LogP contribution >= 0.6 is 0 Å². The van der Waals surface area contributed by atoms with Crippen molar-refractivity contribution in [2.24, 2.45) is 0 Å². The minimum Gasteiger partial charge on any atom is -0.469 e. The lowest BCUT2D eigenvalue weighted by atomic mass is 10.1. The molecule has 1 rings (SSSR count). The van der Waals surface area contributed by atoms with Gasteiger partial charge in [0.1, 0.15) is 6.61 Å². The molecule has 1 aromatic rings. The predicted molar refractivity (Wildman–Crippen MR) is 81.2 cm³/mol. The molecule has 0 atom stereocenters. The lowest BCUT2D eigenvalue weighted by Crippen LogP contribution is -2.36. The summed E-state index contributed by atoms with van der Waals surface area (Å²) < 4.78 is 9.54. The highest BCUT2D eigenvalue weighted by atomic mass is 16.5. The Kier molecular flexibility index (Phi) is 6.17. The number of ether oxygens (including phenoxy) is 2. The zero-order valence-electron chi connectivity index (χ0n) is 12.9. The topological polar surface area (TPSA) is 81.9 Å². The van der Waals surface area contributed by atoms with Crippen molar-refractivity contribution in [2.75, 3.05) is 38.0 Å². The molecule has 1 amide bonds. The number of hydrogen-bond acceptors (Lipinski definition) is 5. The molecule has 2 N–H and O–H groups in total. The number of methoxy groups -OCH3 is 2. The van der Waals surface area contributed by atoms with E-state index in [0.29, 0.717) is 5.69 Å². The van der Waals surface area contributed by atoms with Gasteiger partial charge in [-0.15, -0.1) is 0 Å². The molecule has 0 unspecified atom stereocenters. The summed E-state index contributed by atoms with van der Waals surface area (Å²) in [6.45, 7) is 3.91. The summed E-state index contributed by atoms with van der Waals surface area (Å²) in [6, 6.07) is 3.65. The number of carbonyl (C=O) groups is 2. The maximum absolute atomic E-state index is 12.3. The fraction of sp³-hybridized carbons (Fsp3) is 0.467. The van der Waals surface area contributed by atoms with Crippen LogP contribution in [0.25, 0.3) is 0 Å². The van der Waals surface area contributed by atoms with Crippen LogP contribution < -0.4 is 10.6 Å². The second-order valence-electron chi connectivity index (χ2n) is 4.75. The summed E-state index contributed by atoms with van der Waals surface area (Å²) in [5.41, 5.74) is 8.97. The van der Waals surface area contributed by atoms with Gasteiger partial charge in [0.2, 0.25) is 0 Å². The third kappa shape index (κ3) is 4.19. The van der Waals surface area contributed by atoms with Gasteiger partial charge in [-0.3, -0.25) is 9.59 Å². The van der Waals surface area contributed by atoms with E-state index in [4.69, 9.17) is 10.5 Å². The number of anilines is 2. The maximum atomic E-state index is 12.3. The number of hydrogen-bond donors (Lipinski definition) is 1. The molecule has 0 aliphatic heterocycles. The normalized spacial score (nSPS) is 10.3. The zero-order chi connectivity index (χ0) is 16.0. The van der Waals surface area contributed by atoms with Crippen LogP contribution in [-0.4, -0.2) is 39.2 Å². The minimum absolute atomic E-state index is 0.0607. The minimum atomic E-state index is -0.371. The van der Waals surface area contributed by atoms with Gasteiger partial charge in [-0.05, 0) is 31.0 Å². The van der Waals surface area contributed by atoms with Gasteiger partial charge in [0.25, 0.3) is 5.91 Å². The molecule has 0 heterocycles. The number of amides is 1. The van der Waals surface area contributed by atoms with E-state index in [0.717, 1.165) is 16.8 Å². The molecule has 1 aromatic carbocycles. The number of nitrogens with zero attached hydrogens (tertiary/aromatic N) is 1. The molecular formula is C15H22N2O4. The molecule has 0 fully saturated rings. The first-order chi connectivity index (χ1) is 9.92. The van der Waals surface area contributed by atoms with Crippen LogP contribution in [0.4, 0.5) is 11.4 Å². The quantitative estimate of drug-likeness (QED) is 0.634. The van der Waals surface area contributed by atoms with Gasteiger partial charge in [0.15, 0.2) is 0 Å². The summed E-state index contributed by atoms with van der Waals surface area (Å²) >= 11 is 0. The van der Waals surface area contributed by atoms with E-state index in [9.17, 15) is 9.59 Å². The summed E-state index contributed by atoms with van der Waals surface area (Å²) in [7, 11) is 2.77. The Hall–Kier alpha value is -2.08. The van der Waals surface area contributed by atoms with Crippen molar-refractivity contribution in [1.82, 2.24) is 0 Å². The number of rotatable bonds is 6. The molecule has 0 spiro atoms. The second kappa shape index (κ2) is 7.64. The summed E-state index contributed by atoms with van der Waals surface area (Å²) in [4.78, 5) is 25.1. The first-order valence-corrected chi connectivity index (χ1v) is 6.64. The van der Waals surface area contributed by atoms with Crippen molar-refractivity contribution in [2.45, 2.75) is 20.3 Å². The van der Waals surface area contributed by atoms with Gasteiger partial charge in [-0.1, -0.05) is 6.07 Å². The maximum Gasteiger partial charge on any atom is 0.307 e. The zero-order valence-corrected chi connectivity index (χ0v) is 12.9. The Bertz CT molecular complexity index is 529. The molecule has 0 bridgehead atoms. The van der Waals surface area contributed by atoms with Crippen LogP contribution in [-0.2, 0) is 19.1 Å². The van der Waals surface area contributed by atoms with Crippen molar-refractivity contribution in [3.05, 3.63) is 23.3 Å². The number of carbonyl (C=O) groups excluding carboxylic acids is 2. The van der Waals surface area contributed by atoms with E-state index in [-0.39, 0.29) is 31.4 Å². The summed E-state index contributed by atoms with van der Waals surface area (Å²) in [5, 5.41) is 0. The van der Waals surface area contributed by atoms with Crippen molar-refractivity contribution < 1.29 is 19.1 Å². The molecule has 6 nitrogen and oxygen atoms in total. The first-order valence-electron chi connectivity index (χ1n) is 6.64. The number of nitrogens with two attached hydrogens (primary N) is 1. The van der Waals surface area contributed by atoms with Crippen LogP contribution in [0, 0.1) is 13.8 Å². The Balaban J connectivity index is 3.14. The average Bonchev–Trinajstić information content (AvgIpc) is 2.46. The third-order valence-corrected chi connectivity index (χ3v) is 3.28. The Morgan fingerprint density at radius 2 is 1.90 bits per heavy atom. The van der Waals surface area contributed by atoms with Crippen molar-refractivity contribution >= 4 is 23.3 Å². The monoisotopic (exact) mass is 294 g/mol. The van der Waals surface area contributed by atoms with Gasteiger partial charge in [0.05, 0.1) is 19.2 Å². The number of nitrogen functional groups attached to an aromatic ring is 1. The van der Waals surface area contributed by atoms with Crippen LogP contribution in [0.5, 0.6) is 0 Å². The Morgan fingerprint density at radius 3 is 2.48 bits per heavy atom. The molecule has 0 aliphatic rings. The Labute approximate surface area is 124 Å². The van der Waals surface area contributed by atoms with Gasteiger partial charge in [-0.25, -0.2) is 0 Å². The largest absolute Gasteiger partial charge is 0.469 e. The van der Waals surface area contributed by atoms with Crippen LogP contribution in [0.2, 0.25) is 0 Å². The van der Waals surface area contributed by atoms with Gasteiger partial charge in [0, 0.05) is 19.3 Å². The summed E-state index contributed by atoms with van der Waals surface area (Å²) in [6.07, 6.45) is 0.111. The molecule has 0 aromatic heterocycles. The highest BCUT2D eigenvalue weighted by Crippen LogP contribution is 2.29. The fourth-order valence-corrected chi connectivity index (χ4v) is 2.13. The van der Waals surface area contributed by atoms with Crippen LogP contribution in [0.15, 0.2) is 12.1 Å². The van der Waals surface area contributed by atoms with Crippen LogP contribution in [0.3, 0.4) is 0 Å². The van der Waals surface area contributed by atoms with E-state index >= 15 is 0 Å². The molecule has 0 aliphatic carbocycles. The lowest BCUT2D eigenvalue weighted by molar-refractivity contribution is -0.140. The van der Waals surface area contributed by atoms with Gasteiger partial charge in [-0.2, -0.15) is 0 Å². The SMILES string of the molecule is COCC(=O)N(CCC(=O)OC)c1c(C)ccc(N)c1C. The first kappa shape index (κ1) is 17.0. The smallest absolute Gasteiger partial charge is 0.307 e. The molecule has 21 heavy (non-hydrogen) atoms. The van der Waals surface area contributed by atoms with E-state index in [1.54, 1.807) is 6.07 Å². The van der Waals surface area contributed by atoms with E-state index in [2.05, 4.69) is 4.74 Å².